The number of nitrogens with zero attached hydrogens (tertiary/aromatic N) is 2. The first kappa shape index (κ1) is 12.7. The molecule has 1 saturated heterocycles. The van der Waals surface area contributed by atoms with Gasteiger partial charge in [0.05, 0.1) is 23.1 Å². The van der Waals surface area contributed by atoms with Crippen LogP contribution in [0, 0.1) is 5.92 Å². The number of piperidine rings is 1. The van der Waals surface area contributed by atoms with Crippen LogP contribution in [-0.2, 0) is 4.79 Å². The lowest BCUT2D eigenvalue weighted by molar-refractivity contribution is -0.122. The van der Waals surface area contributed by atoms with Gasteiger partial charge in [-0.15, -0.1) is 0 Å². The smallest absolute Gasteiger partial charge is 0.220 e. The average molecular weight is 270 g/mol. The minimum atomic E-state index is -0.197. The van der Waals surface area contributed by atoms with Crippen LogP contribution in [0.5, 0.6) is 0 Å². The molecule has 3 rings (SSSR count). The number of rotatable bonds is 2. The first-order chi connectivity index (χ1) is 9.66. The number of anilines is 2. The highest BCUT2D eigenvalue weighted by atomic mass is 16.1. The molecule has 1 aliphatic rings. The summed E-state index contributed by atoms with van der Waals surface area (Å²) in [6.07, 6.45) is 3.27. The van der Waals surface area contributed by atoms with Crippen molar-refractivity contribution in [2.75, 3.05) is 23.7 Å². The number of primary amides is 1. The zero-order valence-electron chi connectivity index (χ0n) is 11.2. The molecule has 0 aliphatic carbocycles. The van der Waals surface area contributed by atoms with E-state index in [0.29, 0.717) is 5.69 Å². The molecular weight excluding hydrogens is 252 g/mol. The molecule has 5 nitrogen and oxygen atoms in total. The predicted molar refractivity (Wildman–Crippen MR) is 80.3 cm³/mol. The number of nitrogens with two attached hydrogens (primary N) is 2. The van der Waals surface area contributed by atoms with Crippen molar-refractivity contribution >= 4 is 28.2 Å². The lowest BCUT2D eigenvalue weighted by atomic mass is 9.95. The molecule has 1 aliphatic heterocycles. The Labute approximate surface area is 117 Å². The average Bonchev–Trinajstić information content (AvgIpc) is 2.47. The molecule has 2 aromatic rings. The number of para-hydroxylation sites is 1. The molecular formula is C15H18N4O. The van der Waals surface area contributed by atoms with E-state index >= 15 is 0 Å². The highest BCUT2D eigenvalue weighted by Gasteiger charge is 2.25. The molecule has 0 unspecified atom stereocenters. The van der Waals surface area contributed by atoms with Crippen molar-refractivity contribution in [2.24, 2.45) is 11.7 Å². The van der Waals surface area contributed by atoms with Crippen LogP contribution in [0.4, 0.5) is 11.4 Å². The number of amides is 1. The number of nitrogen functional groups attached to an aromatic ring is 1. The molecule has 1 aromatic heterocycles. The number of benzene rings is 1. The maximum Gasteiger partial charge on any atom is 0.220 e. The van der Waals surface area contributed by atoms with Crippen LogP contribution in [0.2, 0.25) is 0 Å². The van der Waals surface area contributed by atoms with Gasteiger partial charge in [-0.05, 0) is 18.9 Å². The van der Waals surface area contributed by atoms with Gasteiger partial charge in [0.1, 0.15) is 0 Å². The fourth-order valence-electron chi connectivity index (χ4n) is 2.88. The van der Waals surface area contributed by atoms with Crippen molar-refractivity contribution in [1.82, 2.24) is 4.98 Å². The van der Waals surface area contributed by atoms with Gasteiger partial charge in [0.25, 0.3) is 0 Å². The summed E-state index contributed by atoms with van der Waals surface area (Å²) >= 11 is 0. The van der Waals surface area contributed by atoms with E-state index in [1.807, 2.05) is 24.3 Å². The lowest BCUT2D eigenvalue weighted by Gasteiger charge is -2.33. The number of carbonyl (C=O) groups excluding carboxylic acids is 1. The largest absolute Gasteiger partial charge is 0.396 e. The number of pyridine rings is 1. The molecule has 0 saturated carbocycles. The van der Waals surface area contributed by atoms with Gasteiger partial charge >= 0.3 is 0 Å². The monoisotopic (exact) mass is 270 g/mol. The molecule has 2 heterocycles. The van der Waals surface area contributed by atoms with E-state index in [9.17, 15) is 4.79 Å². The third kappa shape index (κ3) is 2.15. The van der Waals surface area contributed by atoms with Gasteiger partial charge in [-0.3, -0.25) is 9.78 Å². The van der Waals surface area contributed by atoms with Crippen LogP contribution in [0.15, 0.2) is 30.5 Å². The summed E-state index contributed by atoms with van der Waals surface area (Å²) in [5.41, 5.74) is 14.1. The molecule has 1 aromatic carbocycles. The Bertz CT molecular complexity index is 647. The summed E-state index contributed by atoms with van der Waals surface area (Å²) in [5.74, 6) is -0.210. The maximum atomic E-state index is 11.2. The normalized spacial score (nSPS) is 16.5. The standard InChI is InChI=1S/C15H18N4O/c16-12-9-18-13-4-2-1-3-11(13)14(12)19-7-5-10(6-8-19)15(17)20/h1-4,9-10H,5-8,16H2,(H2,17,20). The van der Waals surface area contributed by atoms with Gasteiger partial charge in [0.2, 0.25) is 5.91 Å². The number of hydrogen-bond donors (Lipinski definition) is 2. The van der Waals surface area contributed by atoms with Crippen molar-refractivity contribution in [3.8, 4) is 0 Å². The van der Waals surface area contributed by atoms with Crippen LogP contribution < -0.4 is 16.4 Å². The summed E-state index contributed by atoms with van der Waals surface area (Å²) in [6.45, 7) is 1.59. The summed E-state index contributed by atoms with van der Waals surface area (Å²) in [6, 6.07) is 7.97. The van der Waals surface area contributed by atoms with Crippen molar-refractivity contribution in [3.05, 3.63) is 30.5 Å². The van der Waals surface area contributed by atoms with E-state index in [1.165, 1.54) is 0 Å². The van der Waals surface area contributed by atoms with Crippen molar-refractivity contribution in [1.29, 1.82) is 0 Å². The SMILES string of the molecule is NC(=O)C1CCN(c2c(N)cnc3ccccc23)CC1. The molecule has 104 valence electrons. The second-order valence-corrected chi connectivity index (χ2v) is 5.24. The first-order valence-corrected chi connectivity index (χ1v) is 6.84. The summed E-state index contributed by atoms with van der Waals surface area (Å²) < 4.78 is 0. The van der Waals surface area contributed by atoms with Crippen molar-refractivity contribution in [3.63, 3.8) is 0 Å². The second-order valence-electron chi connectivity index (χ2n) is 5.24. The molecule has 1 fully saturated rings. The lowest BCUT2D eigenvalue weighted by Crippen LogP contribution is -2.38. The Morgan fingerprint density at radius 2 is 1.95 bits per heavy atom. The highest BCUT2D eigenvalue weighted by Crippen LogP contribution is 2.33. The number of fused-ring (bicyclic) bond motifs is 1. The third-order valence-corrected chi connectivity index (χ3v) is 3.99. The van der Waals surface area contributed by atoms with Crippen LogP contribution >= 0.6 is 0 Å². The Morgan fingerprint density at radius 3 is 2.65 bits per heavy atom. The van der Waals surface area contributed by atoms with E-state index in [2.05, 4.69) is 9.88 Å². The van der Waals surface area contributed by atoms with Gasteiger partial charge in [-0.1, -0.05) is 18.2 Å². The molecule has 0 bridgehead atoms. The minimum absolute atomic E-state index is 0.0134. The fourth-order valence-corrected chi connectivity index (χ4v) is 2.88. The Balaban J connectivity index is 1.95. The molecule has 4 N–H and O–H groups in total. The van der Waals surface area contributed by atoms with E-state index < -0.39 is 0 Å². The zero-order chi connectivity index (χ0) is 14.1. The van der Waals surface area contributed by atoms with E-state index in [0.717, 1.165) is 42.5 Å². The fraction of sp³-hybridized carbons (Fsp3) is 0.333. The molecule has 5 heteroatoms. The van der Waals surface area contributed by atoms with Gasteiger partial charge in [-0.25, -0.2) is 0 Å². The molecule has 1 amide bonds. The predicted octanol–water partition coefficient (Wildman–Crippen LogP) is 1.52. The maximum absolute atomic E-state index is 11.2. The van der Waals surface area contributed by atoms with E-state index in [1.54, 1.807) is 6.20 Å². The molecule has 0 radical (unpaired) electrons. The van der Waals surface area contributed by atoms with E-state index in [-0.39, 0.29) is 11.8 Å². The number of aromatic nitrogens is 1. The van der Waals surface area contributed by atoms with Crippen LogP contribution in [-0.4, -0.2) is 24.0 Å². The van der Waals surface area contributed by atoms with Crippen molar-refractivity contribution in [2.45, 2.75) is 12.8 Å². The minimum Gasteiger partial charge on any atom is -0.396 e. The van der Waals surface area contributed by atoms with E-state index in [4.69, 9.17) is 11.5 Å². The summed E-state index contributed by atoms with van der Waals surface area (Å²) in [4.78, 5) is 17.8. The Morgan fingerprint density at radius 1 is 1.25 bits per heavy atom. The number of hydrogen-bond acceptors (Lipinski definition) is 4. The third-order valence-electron chi connectivity index (χ3n) is 3.99. The molecule has 20 heavy (non-hydrogen) atoms. The summed E-state index contributed by atoms with van der Waals surface area (Å²) in [7, 11) is 0. The van der Waals surface area contributed by atoms with Gasteiger partial charge < -0.3 is 16.4 Å². The highest BCUT2D eigenvalue weighted by molar-refractivity contribution is 5.97. The summed E-state index contributed by atoms with van der Waals surface area (Å²) in [5, 5.41) is 1.06. The van der Waals surface area contributed by atoms with Crippen LogP contribution in [0.25, 0.3) is 10.9 Å². The van der Waals surface area contributed by atoms with Gasteiger partial charge in [0.15, 0.2) is 0 Å². The first-order valence-electron chi connectivity index (χ1n) is 6.84. The molecule has 0 spiro atoms. The second kappa shape index (κ2) is 5.00. The topological polar surface area (TPSA) is 85.2 Å². The number of carbonyl (C=O) groups is 1. The van der Waals surface area contributed by atoms with Crippen LogP contribution in [0.3, 0.4) is 0 Å². The van der Waals surface area contributed by atoms with Crippen LogP contribution in [0.1, 0.15) is 12.8 Å². The van der Waals surface area contributed by atoms with Gasteiger partial charge in [-0.2, -0.15) is 0 Å². The Hall–Kier alpha value is -2.30. The van der Waals surface area contributed by atoms with Crippen molar-refractivity contribution < 1.29 is 4.79 Å². The van der Waals surface area contributed by atoms with Gasteiger partial charge in [0, 0.05) is 24.4 Å². The quantitative estimate of drug-likeness (QED) is 0.866. The Kier molecular flexibility index (Phi) is 3.18. The molecule has 0 atom stereocenters. The zero-order valence-corrected chi connectivity index (χ0v) is 11.2.